The lowest BCUT2D eigenvalue weighted by molar-refractivity contribution is 0.112. The van der Waals surface area contributed by atoms with Gasteiger partial charge in [0.05, 0.1) is 11.4 Å². The number of hydrogen-bond acceptors (Lipinski definition) is 3. The third-order valence-corrected chi connectivity index (χ3v) is 5.27. The molecule has 3 rings (SSSR count). The van der Waals surface area contributed by atoms with Gasteiger partial charge in [-0.25, -0.2) is 0 Å². The van der Waals surface area contributed by atoms with Gasteiger partial charge in [0, 0.05) is 22.3 Å². The maximum Gasteiger partial charge on any atom is 0.152 e. The molecule has 0 bridgehead atoms. The first-order valence-electron chi connectivity index (χ1n) is 10.9. The summed E-state index contributed by atoms with van der Waals surface area (Å²) in [4.78, 5) is 17.3. The van der Waals surface area contributed by atoms with Gasteiger partial charge in [-0.1, -0.05) is 88.4 Å². The maximum absolute atomic E-state index is 12.3. The third kappa shape index (κ3) is 4.93. The molecule has 0 unspecified atom stereocenters. The van der Waals surface area contributed by atoms with E-state index in [4.69, 9.17) is 9.72 Å². The fraction of sp³-hybridized carbons (Fsp3) is 0.286. The number of para-hydroxylation sites is 1. The molecule has 0 aliphatic rings. The van der Waals surface area contributed by atoms with Crippen molar-refractivity contribution in [2.45, 2.75) is 53.1 Å². The van der Waals surface area contributed by atoms with Gasteiger partial charge in [-0.3, -0.25) is 9.78 Å². The average molecular weight is 414 g/mol. The lowest BCUT2D eigenvalue weighted by Gasteiger charge is -2.22. The van der Waals surface area contributed by atoms with Crippen LogP contribution in [-0.4, -0.2) is 11.3 Å². The Balaban J connectivity index is 2.25. The van der Waals surface area contributed by atoms with Gasteiger partial charge in [0.15, 0.2) is 6.29 Å². The van der Waals surface area contributed by atoms with Crippen molar-refractivity contribution in [3.63, 3.8) is 0 Å². The minimum absolute atomic E-state index is 0.133. The topological polar surface area (TPSA) is 39.2 Å². The van der Waals surface area contributed by atoms with Crippen LogP contribution < -0.4 is 4.74 Å². The fourth-order valence-electron chi connectivity index (χ4n) is 3.81. The van der Waals surface area contributed by atoms with E-state index in [0.717, 1.165) is 45.7 Å². The highest BCUT2D eigenvalue weighted by atomic mass is 16.5. The van der Waals surface area contributed by atoms with E-state index in [2.05, 4.69) is 33.8 Å². The predicted octanol–water partition coefficient (Wildman–Crippen LogP) is 7.42. The molecule has 0 N–H and O–H groups in total. The Morgan fingerprint density at radius 3 is 2.10 bits per heavy atom. The van der Waals surface area contributed by atoms with Crippen LogP contribution >= 0.6 is 0 Å². The number of pyridine rings is 1. The summed E-state index contributed by atoms with van der Waals surface area (Å²) in [6.07, 6.45) is 5.01. The summed E-state index contributed by atoms with van der Waals surface area (Å²) in [5, 5.41) is 0. The van der Waals surface area contributed by atoms with Gasteiger partial charge in [0.1, 0.15) is 12.4 Å². The normalized spacial score (nSPS) is 11.5. The van der Waals surface area contributed by atoms with E-state index in [1.165, 1.54) is 0 Å². The van der Waals surface area contributed by atoms with E-state index < -0.39 is 0 Å². The lowest BCUT2D eigenvalue weighted by Crippen LogP contribution is -2.10. The molecule has 3 heteroatoms. The van der Waals surface area contributed by atoms with Crippen LogP contribution in [-0.2, 0) is 6.61 Å². The first-order chi connectivity index (χ1) is 15.0. The average Bonchev–Trinajstić information content (AvgIpc) is 2.78. The van der Waals surface area contributed by atoms with Crippen molar-refractivity contribution < 1.29 is 9.53 Å². The van der Waals surface area contributed by atoms with E-state index in [-0.39, 0.29) is 11.8 Å². The van der Waals surface area contributed by atoms with Crippen LogP contribution in [0, 0.1) is 0 Å². The zero-order valence-corrected chi connectivity index (χ0v) is 19.1. The number of ether oxygens (including phenoxy) is 1. The fourth-order valence-corrected chi connectivity index (χ4v) is 3.81. The predicted molar refractivity (Wildman–Crippen MR) is 129 cm³/mol. The molecule has 3 nitrogen and oxygen atoms in total. The summed E-state index contributed by atoms with van der Waals surface area (Å²) in [5.74, 6) is 1.12. The van der Waals surface area contributed by atoms with Crippen LogP contribution in [0.2, 0.25) is 0 Å². The minimum atomic E-state index is 0.133. The van der Waals surface area contributed by atoms with Gasteiger partial charge in [0.25, 0.3) is 0 Å². The molecule has 0 aliphatic carbocycles. The monoisotopic (exact) mass is 413 g/mol. The van der Waals surface area contributed by atoms with Crippen molar-refractivity contribution in [1.29, 1.82) is 0 Å². The standard InChI is InChI=1S/C28H31NO2/c1-6-12-23-26(24(17-30)28(20(4)5)29-27(23)19(2)3)22-15-10-11-16-25(22)31-18-21-13-8-7-9-14-21/h6-17,19-20H,18H2,1-5H3/b12-6+. The maximum atomic E-state index is 12.3. The molecule has 0 radical (unpaired) electrons. The Morgan fingerprint density at radius 2 is 1.48 bits per heavy atom. The number of carbonyl (C=O) groups excluding carboxylic acids is 1. The largest absolute Gasteiger partial charge is 0.488 e. The Bertz CT molecular complexity index is 1070. The number of aromatic nitrogens is 1. The molecule has 1 heterocycles. The van der Waals surface area contributed by atoms with Crippen LogP contribution in [0.15, 0.2) is 60.7 Å². The Morgan fingerprint density at radius 1 is 0.871 bits per heavy atom. The van der Waals surface area contributed by atoms with Crippen molar-refractivity contribution in [2.75, 3.05) is 0 Å². The van der Waals surface area contributed by atoms with Crippen LogP contribution in [0.25, 0.3) is 17.2 Å². The van der Waals surface area contributed by atoms with Crippen molar-refractivity contribution in [3.05, 3.63) is 88.8 Å². The number of benzene rings is 2. The summed E-state index contributed by atoms with van der Waals surface area (Å²) in [6.45, 7) is 10.9. The summed E-state index contributed by atoms with van der Waals surface area (Å²) < 4.78 is 6.25. The molecule has 0 aliphatic heterocycles. The third-order valence-electron chi connectivity index (χ3n) is 5.27. The highest BCUT2D eigenvalue weighted by molar-refractivity contribution is 5.95. The molecule has 0 saturated carbocycles. The minimum Gasteiger partial charge on any atom is -0.488 e. The van der Waals surface area contributed by atoms with Gasteiger partial charge in [-0.05, 0) is 30.4 Å². The molecule has 0 spiro atoms. The van der Waals surface area contributed by atoms with Gasteiger partial charge in [-0.2, -0.15) is 0 Å². The van der Waals surface area contributed by atoms with Gasteiger partial charge in [-0.15, -0.1) is 0 Å². The van der Waals surface area contributed by atoms with E-state index in [0.29, 0.717) is 12.2 Å². The number of nitrogens with zero attached hydrogens (tertiary/aromatic N) is 1. The number of aldehydes is 1. The highest BCUT2D eigenvalue weighted by Crippen LogP contribution is 2.40. The quantitative estimate of drug-likeness (QED) is 0.361. The number of rotatable bonds is 8. The van der Waals surface area contributed by atoms with Crippen molar-refractivity contribution in [2.24, 2.45) is 0 Å². The molecule has 0 fully saturated rings. The van der Waals surface area contributed by atoms with Crippen molar-refractivity contribution in [1.82, 2.24) is 4.98 Å². The van der Waals surface area contributed by atoms with E-state index in [1.54, 1.807) is 0 Å². The van der Waals surface area contributed by atoms with Crippen LogP contribution in [0.5, 0.6) is 5.75 Å². The summed E-state index contributed by atoms with van der Waals surface area (Å²) in [6, 6.07) is 18.1. The lowest BCUT2D eigenvalue weighted by atomic mass is 9.87. The molecule has 31 heavy (non-hydrogen) atoms. The van der Waals surface area contributed by atoms with Crippen molar-refractivity contribution >= 4 is 12.4 Å². The Kier molecular flexibility index (Phi) is 7.41. The zero-order valence-electron chi connectivity index (χ0n) is 19.1. The van der Waals surface area contributed by atoms with E-state index >= 15 is 0 Å². The van der Waals surface area contributed by atoms with Crippen LogP contribution in [0.3, 0.4) is 0 Å². The van der Waals surface area contributed by atoms with Gasteiger partial charge >= 0.3 is 0 Å². The Labute approximate surface area is 185 Å². The van der Waals surface area contributed by atoms with E-state index in [9.17, 15) is 4.79 Å². The number of allylic oxidation sites excluding steroid dienone is 1. The molecule has 2 aromatic carbocycles. The summed E-state index contributed by atoms with van der Waals surface area (Å²) >= 11 is 0. The van der Waals surface area contributed by atoms with Crippen molar-refractivity contribution in [3.8, 4) is 16.9 Å². The van der Waals surface area contributed by atoms with Crippen LogP contribution in [0.1, 0.15) is 79.3 Å². The van der Waals surface area contributed by atoms with Crippen LogP contribution in [0.4, 0.5) is 0 Å². The number of hydrogen-bond donors (Lipinski definition) is 0. The second-order valence-electron chi connectivity index (χ2n) is 8.28. The highest BCUT2D eigenvalue weighted by Gasteiger charge is 2.24. The molecule has 0 saturated heterocycles. The molecule has 0 amide bonds. The molecule has 3 aromatic rings. The second kappa shape index (κ2) is 10.2. The number of carbonyl (C=O) groups is 1. The zero-order chi connectivity index (χ0) is 22.4. The first-order valence-corrected chi connectivity index (χ1v) is 10.9. The molecule has 0 atom stereocenters. The SMILES string of the molecule is C/C=C/c1c(C(C)C)nc(C(C)C)c(C=O)c1-c1ccccc1OCc1ccccc1. The molecular weight excluding hydrogens is 382 g/mol. The smallest absolute Gasteiger partial charge is 0.152 e. The summed E-state index contributed by atoms with van der Waals surface area (Å²) in [5.41, 5.74) is 6.38. The van der Waals surface area contributed by atoms with Gasteiger partial charge < -0.3 is 4.74 Å². The molecule has 160 valence electrons. The van der Waals surface area contributed by atoms with E-state index in [1.807, 2.05) is 67.6 Å². The Hall–Kier alpha value is -3.20. The molecular formula is C28H31NO2. The molecule has 1 aromatic heterocycles. The summed E-state index contributed by atoms with van der Waals surface area (Å²) in [7, 11) is 0. The first kappa shape index (κ1) is 22.5. The second-order valence-corrected chi connectivity index (χ2v) is 8.28. The van der Waals surface area contributed by atoms with Gasteiger partial charge in [0.2, 0.25) is 0 Å².